The molecule has 1 atom stereocenters. The molecule has 0 bridgehead atoms. The van der Waals surface area contributed by atoms with Gasteiger partial charge in [0.1, 0.15) is 6.26 Å². The lowest BCUT2D eigenvalue weighted by Crippen LogP contribution is -2.27. The molecule has 1 aliphatic carbocycles. The predicted octanol–water partition coefficient (Wildman–Crippen LogP) is 5.23. The first-order chi connectivity index (χ1) is 14.6. The monoisotopic (exact) mass is 423 g/mol. The number of nitrogens with one attached hydrogen (secondary N) is 1. The Balaban J connectivity index is 1.49. The number of carbonyl (C=O) groups is 1. The molecular formula is C24H26ClN3O2. The Hall–Kier alpha value is -2.63. The topological polar surface area (TPSA) is 58.4 Å². The van der Waals surface area contributed by atoms with E-state index in [1.165, 1.54) is 24.7 Å². The van der Waals surface area contributed by atoms with Crippen LogP contribution in [0.3, 0.4) is 0 Å². The number of amides is 1. The Bertz CT molecular complexity index is 985. The van der Waals surface area contributed by atoms with Crippen molar-refractivity contribution in [3.8, 4) is 0 Å². The minimum absolute atomic E-state index is 0.129. The number of hydrogen-bond donors (Lipinski definition) is 1. The van der Waals surface area contributed by atoms with Crippen LogP contribution < -0.4 is 5.32 Å². The predicted molar refractivity (Wildman–Crippen MR) is 117 cm³/mol. The number of nitrogens with zero attached hydrogens (tertiary/aromatic N) is 2. The van der Waals surface area contributed by atoms with Gasteiger partial charge in [0.05, 0.1) is 6.54 Å². The maximum absolute atomic E-state index is 12.3. The van der Waals surface area contributed by atoms with Crippen LogP contribution in [0, 0.1) is 5.92 Å². The first-order valence-corrected chi connectivity index (χ1v) is 10.7. The van der Waals surface area contributed by atoms with Crippen LogP contribution in [0.1, 0.15) is 53.3 Å². The molecule has 0 spiro atoms. The number of carbonyl (C=O) groups excluding carboxylic acids is 1. The van der Waals surface area contributed by atoms with Crippen LogP contribution >= 0.6 is 11.6 Å². The number of rotatable bonds is 9. The van der Waals surface area contributed by atoms with Crippen LogP contribution in [0.5, 0.6) is 0 Å². The molecule has 1 saturated carbocycles. The van der Waals surface area contributed by atoms with Crippen molar-refractivity contribution in [3.05, 3.63) is 88.6 Å². The number of halogens is 1. The number of oxazole rings is 1. The van der Waals surface area contributed by atoms with Gasteiger partial charge in [-0.05, 0) is 48.9 Å². The van der Waals surface area contributed by atoms with Gasteiger partial charge >= 0.3 is 0 Å². The summed E-state index contributed by atoms with van der Waals surface area (Å²) in [6.07, 6.45) is 3.84. The molecule has 0 radical (unpaired) electrons. The van der Waals surface area contributed by atoms with E-state index in [0.717, 1.165) is 5.56 Å². The van der Waals surface area contributed by atoms with Crippen molar-refractivity contribution in [1.29, 1.82) is 0 Å². The fraction of sp³-hybridized carbons (Fsp3) is 0.333. The molecule has 30 heavy (non-hydrogen) atoms. The van der Waals surface area contributed by atoms with E-state index in [1.54, 1.807) is 0 Å². The lowest BCUT2D eigenvalue weighted by Gasteiger charge is -2.28. The van der Waals surface area contributed by atoms with Crippen LogP contribution in [0.25, 0.3) is 0 Å². The van der Waals surface area contributed by atoms with E-state index in [4.69, 9.17) is 16.0 Å². The number of hydrogen-bond acceptors (Lipinski definition) is 4. The Morgan fingerprint density at radius 3 is 2.73 bits per heavy atom. The van der Waals surface area contributed by atoms with E-state index in [2.05, 4.69) is 40.3 Å². The zero-order chi connectivity index (χ0) is 20.9. The summed E-state index contributed by atoms with van der Waals surface area (Å²) in [5, 5.41) is 3.65. The number of aromatic nitrogens is 1. The SMILES string of the molecule is CC(c1ccccc1)N(Cc1cccc(Cl)c1)Cc1nc(C(=O)NCC2CC2)co1. The van der Waals surface area contributed by atoms with Gasteiger partial charge in [0.25, 0.3) is 5.91 Å². The molecule has 1 aromatic heterocycles. The molecule has 1 N–H and O–H groups in total. The maximum atomic E-state index is 12.3. The van der Waals surface area contributed by atoms with E-state index in [9.17, 15) is 4.79 Å². The Morgan fingerprint density at radius 1 is 1.20 bits per heavy atom. The maximum Gasteiger partial charge on any atom is 0.273 e. The molecule has 1 heterocycles. The zero-order valence-corrected chi connectivity index (χ0v) is 17.8. The smallest absolute Gasteiger partial charge is 0.273 e. The van der Waals surface area contributed by atoms with Crippen LogP contribution in [0.2, 0.25) is 5.02 Å². The van der Waals surface area contributed by atoms with Crippen molar-refractivity contribution >= 4 is 17.5 Å². The second kappa shape index (κ2) is 9.45. The third kappa shape index (κ3) is 5.49. The van der Waals surface area contributed by atoms with Crippen molar-refractivity contribution in [3.63, 3.8) is 0 Å². The van der Waals surface area contributed by atoms with Gasteiger partial charge in [0, 0.05) is 24.2 Å². The van der Waals surface area contributed by atoms with Crippen molar-refractivity contribution in [2.75, 3.05) is 6.54 Å². The molecule has 156 valence electrons. The summed E-state index contributed by atoms with van der Waals surface area (Å²) in [5.74, 6) is 0.978. The summed E-state index contributed by atoms with van der Waals surface area (Å²) in [7, 11) is 0. The highest BCUT2D eigenvalue weighted by atomic mass is 35.5. The fourth-order valence-electron chi connectivity index (χ4n) is 3.45. The molecule has 1 amide bonds. The summed E-state index contributed by atoms with van der Waals surface area (Å²) in [5.41, 5.74) is 2.65. The van der Waals surface area contributed by atoms with Crippen LogP contribution in [-0.2, 0) is 13.1 Å². The highest BCUT2D eigenvalue weighted by molar-refractivity contribution is 6.30. The average molecular weight is 424 g/mol. The van der Waals surface area contributed by atoms with Gasteiger partial charge in [0.15, 0.2) is 5.69 Å². The Labute approximate surface area is 182 Å². The first-order valence-electron chi connectivity index (χ1n) is 10.3. The molecule has 2 aromatic carbocycles. The molecule has 5 nitrogen and oxygen atoms in total. The van der Waals surface area contributed by atoms with Gasteiger partial charge < -0.3 is 9.73 Å². The van der Waals surface area contributed by atoms with Crippen molar-refractivity contribution in [2.24, 2.45) is 5.92 Å². The minimum Gasteiger partial charge on any atom is -0.447 e. The molecule has 1 unspecified atom stereocenters. The van der Waals surface area contributed by atoms with Gasteiger partial charge in [-0.3, -0.25) is 9.69 Å². The molecule has 4 rings (SSSR count). The van der Waals surface area contributed by atoms with Crippen molar-refractivity contribution < 1.29 is 9.21 Å². The summed E-state index contributed by atoms with van der Waals surface area (Å²) < 4.78 is 5.65. The normalized spacial score (nSPS) is 14.6. The second-order valence-corrected chi connectivity index (χ2v) is 8.34. The third-order valence-corrected chi connectivity index (χ3v) is 5.71. The van der Waals surface area contributed by atoms with Gasteiger partial charge in [-0.2, -0.15) is 0 Å². The molecular weight excluding hydrogens is 398 g/mol. The molecule has 0 saturated heterocycles. The Morgan fingerprint density at radius 2 is 2.00 bits per heavy atom. The van der Waals surface area contributed by atoms with Crippen LogP contribution in [-0.4, -0.2) is 22.3 Å². The highest BCUT2D eigenvalue weighted by Gasteiger charge is 2.23. The molecule has 6 heteroatoms. The summed E-state index contributed by atoms with van der Waals surface area (Å²) in [6.45, 7) is 4.04. The van der Waals surface area contributed by atoms with Gasteiger partial charge in [-0.25, -0.2) is 4.98 Å². The number of benzene rings is 2. The van der Waals surface area contributed by atoms with E-state index in [0.29, 0.717) is 42.2 Å². The first kappa shape index (κ1) is 20.6. The van der Waals surface area contributed by atoms with Crippen LogP contribution in [0.4, 0.5) is 0 Å². The average Bonchev–Trinajstić information content (AvgIpc) is 3.48. The zero-order valence-electron chi connectivity index (χ0n) is 17.1. The molecule has 1 fully saturated rings. The lowest BCUT2D eigenvalue weighted by molar-refractivity contribution is 0.0946. The van der Waals surface area contributed by atoms with E-state index in [1.807, 2.05) is 36.4 Å². The quantitative estimate of drug-likeness (QED) is 0.511. The molecule has 1 aliphatic rings. The highest BCUT2D eigenvalue weighted by Crippen LogP contribution is 2.28. The molecule has 0 aliphatic heterocycles. The van der Waals surface area contributed by atoms with E-state index in [-0.39, 0.29) is 11.9 Å². The molecule has 3 aromatic rings. The largest absolute Gasteiger partial charge is 0.447 e. The fourth-order valence-corrected chi connectivity index (χ4v) is 3.67. The second-order valence-electron chi connectivity index (χ2n) is 7.90. The Kier molecular flexibility index (Phi) is 6.50. The van der Waals surface area contributed by atoms with Crippen molar-refractivity contribution in [1.82, 2.24) is 15.2 Å². The minimum atomic E-state index is -0.172. The summed E-state index contributed by atoms with van der Waals surface area (Å²) in [4.78, 5) is 19.0. The van der Waals surface area contributed by atoms with Gasteiger partial charge in [-0.15, -0.1) is 0 Å². The standard InChI is InChI=1S/C24H26ClN3O2/c1-17(20-7-3-2-4-8-20)28(14-19-6-5-9-21(25)12-19)15-23-27-22(16-30-23)24(29)26-13-18-10-11-18/h2-9,12,16-18H,10-11,13-15H2,1H3,(H,26,29). The van der Waals surface area contributed by atoms with E-state index >= 15 is 0 Å². The van der Waals surface area contributed by atoms with Crippen LogP contribution in [0.15, 0.2) is 65.3 Å². The summed E-state index contributed by atoms with van der Waals surface area (Å²) in [6, 6.07) is 18.3. The van der Waals surface area contributed by atoms with Gasteiger partial charge in [0.2, 0.25) is 5.89 Å². The summed E-state index contributed by atoms with van der Waals surface area (Å²) >= 11 is 6.19. The van der Waals surface area contributed by atoms with E-state index < -0.39 is 0 Å². The van der Waals surface area contributed by atoms with Crippen molar-refractivity contribution in [2.45, 2.75) is 38.9 Å². The lowest BCUT2D eigenvalue weighted by atomic mass is 10.1. The van der Waals surface area contributed by atoms with Gasteiger partial charge in [-0.1, -0.05) is 54.1 Å². The third-order valence-electron chi connectivity index (χ3n) is 5.48.